The molecule has 0 aliphatic rings. The van der Waals surface area contributed by atoms with Crippen molar-refractivity contribution in [3.05, 3.63) is 94.5 Å². The van der Waals surface area contributed by atoms with Crippen LogP contribution < -0.4 is 9.62 Å². The third kappa shape index (κ3) is 6.49. The Morgan fingerprint density at radius 3 is 1.89 bits per heavy atom. The first-order chi connectivity index (χ1) is 16.3. The van der Waals surface area contributed by atoms with Crippen molar-refractivity contribution in [3.8, 4) is 0 Å². The number of hydrogen-bond acceptors (Lipinski definition) is 5. The second kappa shape index (κ2) is 10.2. The van der Waals surface area contributed by atoms with Gasteiger partial charge in [0.05, 0.1) is 29.4 Å². The van der Waals surface area contributed by atoms with Gasteiger partial charge in [-0.25, -0.2) is 16.8 Å². The molecule has 0 saturated heterocycles. The highest BCUT2D eigenvalue weighted by Crippen LogP contribution is 2.28. The van der Waals surface area contributed by atoms with Crippen LogP contribution in [0.4, 0.5) is 5.69 Å². The summed E-state index contributed by atoms with van der Waals surface area (Å²) < 4.78 is 49.8. The highest BCUT2D eigenvalue weighted by molar-refractivity contribution is 7.92. The fourth-order valence-corrected chi connectivity index (χ4v) is 5.49. The molecular formula is C26H30N2O5S2. The molecule has 186 valence electrons. The molecule has 0 aromatic heterocycles. The molecule has 1 N–H and O–H groups in total. The number of rotatable bonds is 8. The zero-order valence-corrected chi connectivity index (χ0v) is 22.1. The molecule has 0 bridgehead atoms. The van der Waals surface area contributed by atoms with E-state index in [1.54, 1.807) is 36.4 Å². The molecule has 9 heteroatoms. The minimum Gasteiger partial charge on any atom is -0.346 e. The van der Waals surface area contributed by atoms with E-state index in [9.17, 15) is 21.6 Å². The van der Waals surface area contributed by atoms with Crippen LogP contribution in [0.25, 0.3) is 0 Å². The fourth-order valence-electron chi connectivity index (χ4n) is 3.86. The van der Waals surface area contributed by atoms with Crippen LogP contribution >= 0.6 is 0 Å². The number of sulfone groups is 1. The van der Waals surface area contributed by atoms with E-state index in [1.807, 2.05) is 39.0 Å². The lowest BCUT2D eigenvalue weighted by atomic mass is 10.1. The zero-order valence-electron chi connectivity index (χ0n) is 20.4. The molecule has 1 unspecified atom stereocenters. The van der Waals surface area contributed by atoms with Crippen LogP contribution in [0.5, 0.6) is 0 Å². The smallest absolute Gasteiger partial charge is 0.251 e. The quantitative estimate of drug-likeness (QED) is 0.486. The SMILES string of the molecule is Cc1cccc(C)c1N(Cc1ccc(C(=O)NC(C)c2ccc(S(C)(=O)=O)cc2)cc1)S(C)(=O)=O. The summed E-state index contributed by atoms with van der Waals surface area (Å²) >= 11 is 0. The van der Waals surface area contributed by atoms with Crippen molar-refractivity contribution in [3.63, 3.8) is 0 Å². The summed E-state index contributed by atoms with van der Waals surface area (Å²) in [4.78, 5) is 13.0. The van der Waals surface area contributed by atoms with Gasteiger partial charge < -0.3 is 5.32 Å². The van der Waals surface area contributed by atoms with Crippen LogP contribution in [0.3, 0.4) is 0 Å². The van der Waals surface area contributed by atoms with Gasteiger partial charge in [-0.1, -0.05) is 42.5 Å². The van der Waals surface area contributed by atoms with Crippen LogP contribution in [0, 0.1) is 13.8 Å². The van der Waals surface area contributed by atoms with Gasteiger partial charge in [0, 0.05) is 11.8 Å². The van der Waals surface area contributed by atoms with Crippen molar-refractivity contribution in [2.75, 3.05) is 16.8 Å². The largest absolute Gasteiger partial charge is 0.346 e. The van der Waals surface area contributed by atoms with Gasteiger partial charge in [-0.3, -0.25) is 9.10 Å². The predicted octanol–water partition coefficient (Wildman–Crippen LogP) is 4.16. The molecule has 3 rings (SSSR count). The number of amides is 1. The Kier molecular flexibility index (Phi) is 7.71. The highest BCUT2D eigenvalue weighted by atomic mass is 32.2. The second-order valence-corrected chi connectivity index (χ2v) is 12.7. The molecule has 0 aliphatic heterocycles. The normalized spacial score (nSPS) is 12.7. The topological polar surface area (TPSA) is 101 Å². The summed E-state index contributed by atoms with van der Waals surface area (Å²) in [6.45, 7) is 5.72. The zero-order chi connectivity index (χ0) is 26.0. The van der Waals surface area contributed by atoms with E-state index < -0.39 is 19.9 Å². The van der Waals surface area contributed by atoms with E-state index in [-0.39, 0.29) is 23.4 Å². The maximum Gasteiger partial charge on any atom is 0.251 e. The number of para-hydroxylation sites is 1. The molecule has 1 atom stereocenters. The van der Waals surface area contributed by atoms with E-state index in [0.29, 0.717) is 11.3 Å². The van der Waals surface area contributed by atoms with Gasteiger partial charge >= 0.3 is 0 Å². The number of sulfonamides is 1. The van der Waals surface area contributed by atoms with E-state index in [4.69, 9.17) is 0 Å². The monoisotopic (exact) mass is 514 g/mol. The van der Waals surface area contributed by atoms with Gasteiger partial charge in [-0.05, 0) is 67.3 Å². The number of hydrogen-bond donors (Lipinski definition) is 1. The van der Waals surface area contributed by atoms with E-state index in [0.717, 1.165) is 28.5 Å². The Morgan fingerprint density at radius 1 is 0.857 bits per heavy atom. The number of carbonyl (C=O) groups is 1. The summed E-state index contributed by atoms with van der Waals surface area (Å²) in [5, 5.41) is 2.90. The van der Waals surface area contributed by atoms with Crippen molar-refractivity contribution < 1.29 is 21.6 Å². The van der Waals surface area contributed by atoms with E-state index in [2.05, 4.69) is 5.32 Å². The molecule has 1 amide bonds. The number of anilines is 1. The van der Waals surface area contributed by atoms with Crippen molar-refractivity contribution in [2.45, 2.75) is 38.3 Å². The Balaban J connectivity index is 1.74. The van der Waals surface area contributed by atoms with Gasteiger partial charge in [0.2, 0.25) is 10.0 Å². The lowest BCUT2D eigenvalue weighted by molar-refractivity contribution is 0.0940. The van der Waals surface area contributed by atoms with Crippen molar-refractivity contribution >= 4 is 31.5 Å². The van der Waals surface area contributed by atoms with Gasteiger partial charge in [-0.15, -0.1) is 0 Å². The van der Waals surface area contributed by atoms with Crippen molar-refractivity contribution in [1.29, 1.82) is 0 Å². The first-order valence-electron chi connectivity index (χ1n) is 11.0. The van der Waals surface area contributed by atoms with Gasteiger partial charge in [-0.2, -0.15) is 0 Å². The third-order valence-corrected chi connectivity index (χ3v) is 8.03. The summed E-state index contributed by atoms with van der Waals surface area (Å²) in [6.07, 6.45) is 2.33. The van der Waals surface area contributed by atoms with Crippen LogP contribution in [-0.4, -0.2) is 35.3 Å². The second-order valence-electron chi connectivity index (χ2n) is 8.74. The minimum atomic E-state index is -3.53. The number of carbonyl (C=O) groups excluding carboxylic acids is 1. The van der Waals surface area contributed by atoms with Crippen LogP contribution in [0.1, 0.15) is 45.6 Å². The Labute approximate surface area is 207 Å². The fraction of sp³-hybridized carbons (Fsp3) is 0.269. The van der Waals surface area contributed by atoms with E-state index in [1.165, 1.54) is 22.7 Å². The predicted molar refractivity (Wildman–Crippen MR) is 139 cm³/mol. The molecule has 7 nitrogen and oxygen atoms in total. The summed E-state index contributed by atoms with van der Waals surface area (Å²) in [6, 6.07) is 18.5. The molecule has 0 radical (unpaired) electrons. The Bertz CT molecular complexity index is 1410. The molecule has 0 saturated carbocycles. The molecule has 3 aromatic carbocycles. The van der Waals surface area contributed by atoms with Gasteiger partial charge in [0.1, 0.15) is 0 Å². The summed E-state index contributed by atoms with van der Waals surface area (Å²) in [7, 11) is -6.81. The Morgan fingerprint density at radius 2 is 1.40 bits per heavy atom. The molecule has 0 heterocycles. The van der Waals surface area contributed by atoms with Crippen molar-refractivity contribution in [1.82, 2.24) is 5.32 Å². The first kappa shape index (κ1) is 26.4. The number of nitrogens with zero attached hydrogens (tertiary/aromatic N) is 1. The lowest BCUT2D eigenvalue weighted by Crippen LogP contribution is -2.30. The van der Waals surface area contributed by atoms with Gasteiger partial charge in [0.15, 0.2) is 9.84 Å². The minimum absolute atomic E-state index is 0.148. The summed E-state index contributed by atoms with van der Waals surface area (Å²) in [5.74, 6) is -0.286. The maximum atomic E-state index is 12.7. The average molecular weight is 515 g/mol. The molecule has 0 fully saturated rings. The number of nitrogens with one attached hydrogen (secondary N) is 1. The van der Waals surface area contributed by atoms with E-state index >= 15 is 0 Å². The average Bonchev–Trinajstić information content (AvgIpc) is 2.77. The molecule has 3 aromatic rings. The van der Waals surface area contributed by atoms with Gasteiger partial charge in [0.25, 0.3) is 5.91 Å². The molecular weight excluding hydrogens is 484 g/mol. The Hall–Kier alpha value is -3.17. The maximum absolute atomic E-state index is 12.7. The highest BCUT2D eigenvalue weighted by Gasteiger charge is 2.22. The third-order valence-electron chi connectivity index (χ3n) is 5.79. The molecule has 0 aliphatic carbocycles. The summed E-state index contributed by atoms with van der Waals surface area (Å²) in [5.41, 5.74) is 4.35. The van der Waals surface area contributed by atoms with Crippen LogP contribution in [-0.2, 0) is 26.4 Å². The van der Waals surface area contributed by atoms with Crippen LogP contribution in [0.2, 0.25) is 0 Å². The number of aryl methyl sites for hydroxylation is 2. The standard InChI is InChI=1S/C26H30N2O5S2/c1-18-7-6-8-19(2)25(18)28(35(5,32)33)17-21-9-11-23(12-10-21)26(29)27-20(3)22-13-15-24(16-14-22)34(4,30)31/h6-16,20H,17H2,1-5H3,(H,27,29). The lowest BCUT2D eigenvalue weighted by Gasteiger charge is -2.26. The number of benzene rings is 3. The first-order valence-corrected chi connectivity index (χ1v) is 14.7. The molecule has 0 spiro atoms. The molecule has 35 heavy (non-hydrogen) atoms. The van der Waals surface area contributed by atoms with Crippen molar-refractivity contribution in [2.24, 2.45) is 0 Å². The van der Waals surface area contributed by atoms with Crippen LogP contribution in [0.15, 0.2) is 71.6 Å².